The fourth-order valence-electron chi connectivity index (χ4n) is 6.49. The molecule has 3 aromatic rings. The molecule has 3 fully saturated rings. The van der Waals surface area contributed by atoms with Crippen LogP contribution in [0.25, 0.3) is 11.3 Å². The molecule has 6 heteroatoms. The van der Waals surface area contributed by atoms with Crippen LogP contribution in [-0.2, 0) is 10.2 Å². The minimum Gasteiger partial charge on any atom is -0.355 e. The van der Waals surface area contributed by atoms with Gasteiger partial charge >= 0.3 is 0 Å². The first-order valence-corrected chi connectivity index (χ1v) is 13.2. The van der Waals surface area contributed by atoms with Crippen LogP contribution in [0, 0.1) is 11.3 Å². The molecule has 1 unspecified atom stereocenters. The third-order valence-electron chi connectivity index (χ3n) is 8.89. The molecule has 6 nitrogen and oxygen atoms in total. The zero-order valence-electron chi connectivity index (χ0n) is 20.6. The SMILES string of the molecule is O=C(NCC1(c2ccccc2)CCCC1)C1CC12CCN(C(=O)c1cc(-c3ccccc3)no1)CC2. The summed E-state index contributed by atoms with van der Waals surface area (Å²) in [6.45, 7) is 2.03. The molecule has 0 bridgehead atoms. The molecule has 36 heavy (non-hydrogen) atoms. The van der Waals surface area contributed by atoms with Gasteiger partial charge in [0.25, 0.3) is 5.91 Å². The standard InChI is InChI=1S/C30H33N3O3/c34-27(31-21-30(13-7-8-14-30)23-11-5-2-6-12-23)24-20-29(24)15-17-33(18-16-29)28(35)26-19-25(32-36-26)22-9-3-1-4-10-22/h1-6,9-12,19,24H,7-8,13-18,20-21H2,(H,31,34). The Kier molecular flexibility index (Phi) is 5.90. The van der Waals surface area contributed by atoms with E-state index >= 15 is 0 Å². The third-order valence-corrected chi connectivity index (χ3v) is 8.89. The minimum absolute atomic E-state index is 0.0487. The first kappa shape index (κ1) is 23.0. The number of aromatic nitrogens is 1. The maximum absolute atomic E-state index is 13.2. The highest BCUT2D eigenvalue weighted by Gasteiger charge is 2.59. The Morgan fingerprint density at radius 3 is 2.31 bits per heavy atom. The van der Waals surface area contributed by atoms with E-state index in [1.54, 1.807) is 6.07 Å². The first-order valence-electron chi connectivity index (χ1n) is 13.2. The Hall–Kier alpha value is -3.41. The molecule has 0 radical (unpaired) electrons. The number of likely N-dealkylation sites (tertiary alicyclic amines) is 1. The molecule has 3 aliphatic rings. The summed E-state index contributed by atoms with van der Waals surface area (Å²) in [5, 5.41) is 7.42. The van der Waals surface area contributed by atoms with E-state index in [4.69, 9.17) is 4.52 Å². The van der Waals surface area contributed by atoms with Gasteiger partial charge in [-0.2, -0.15) is 0 Å². The van der Waals surface area contributed by atoms with Crippen LogP contribution in [0.1, 0.15) is 61.1 Å². The van der Waals surface area contributed by atoms with Gasteiger partial charge in [-0.15, -0.1) is 0 Å². The van der Waals surface area contributed by atoms with Crippen LogP contribution < -0.4 is 5.32 Å². The number of hydrogen-bond acceptors (Lipinski definition) is 4. The van der Waals surface area contributed by atoms with E-state index in [1.807, 2.05) is 35.2 Å². The number of carbonyl (C=O) groups is 2. The summed E-state index contributed by atoms with van der Waals surface area (Å²) in [7, 11) is 0. The number of benzene rings is 2. The van der Waals surface area contributed by atoms with Crippen molar-refractivity contribution in [1.29, 1.82) is 0 Å². The summed E-state index contributed by atoms with van der Waals surface area (Å²) in [5.41, 5.74) is 3.07. The second-order valence-electron chi connectivity index (χ2n) is 10.9. The van der Waals surface area contributed by atoms with Crippen LogP contribution in [0.15, 0.2) is 71.3 Å². The van der Waals surface area contributed by atoms with Crippen molar-refractivity contribution in [3.8, 4) is 11.3 Å². The van der Waals surface area contributed by atoms with E-state index in [0.29, 0.717) is 18.8 Å². The van der Waals surface area contributed by atoms with E-state index in [-0.39, 0.29) is 34.3 Å². The van der Waals surface area contributed by atoms with E-state index in [2.05, 4.69) is 40.8 Å². The lowest BCUT2D eigenvalue weighted by Crippen LogP contribution is -2.42. The topological polar surface area (TPSA) is 75.4 Å². The molecule has 2 saturated carbocycles. The van der Waals surface area contributed by atoms with Crippen molar-refractivity contribution in [3.63, 3.8) is 0 Å². The number of carbonyl (C=O) groups excluding carboxylic acids is 2. The van der Waals surface area contributed by atoms with Crippen molar-refractivity contribution in [3.05, 3.63) is 78.1 Å². The molecule has 1 spiro atoms. The van der Waals surface area contributed by atoms with Crippen molar-refractivity contribution in [1.82, 2.24) is 15.4 Å². The second-order valence-corrected chi connectivity index (χ2v) is 10.9. The van der Waals surface area contributed by atoms with Crippen LogP contribution in [0.2, 0.25) is 0 Å². The summed E-state index contributed by atoms with van der Waals surface area (Å²) in [6.07, 6.45) is 7.37. The summed E-state index contributed by atoms with van der Waals surface area (Å²) < 4.78 is 5.38. The molecule has 2 heterocycles. The summed E-state index contributed by atoms with van der Waals surface area (Å²) >= 11 is 0. The highest BCUT2D eigenvalue weighted by Crippen LogP contribution is 2.59. The van der Waals surface area contributed by atoms with Crippen LogP contribution in [0.5, 0.6) is 0 Å². The molecule has 2 aliphatic carbocycles. The molecule has 186 valence electrons. The number of rotatable bonds is 6. The molecule has 2 amide bonds. The van der Waals surface area contributed by atoms with Gasteiger partial charge in [0.05, 0.1) is 0 Å². The molecule has 1 atom stereocenters. The average Bonchev–Trinajstić information content (AvgIpc) is 3.29. The maximum atomic E-state index is 13.2. The lowest BCUT2D eigenvalue weighted by Gasteiger charge is -2.33. The average molecular weight is 484 g/mol. The highest BCUT2D eigenvalue weighted by atomic mass is 16.5. The van der Waals surface area contributed by atoms with E-state index in [1.165, 1.54) is 18.4 Å². The van der Waals surface area contributed by atoms with Crippen molar-refractivity contribution >= 4 is 11.8 Å². The highest BCUT2D eigenvalue weighted by molar-refractivity contribution is 5.92. The van der Waals surface area contributed by atoms with Gasteiger partial charge in [0.15, 0.2) is 0 Å². The zero-order chi connectivity index (χ0) is 24.6. The molecule has 2 aromatic carbocycles. The number of hydrogen-bond donors (Lipinski definition) is 1. The van der Waals surface area contributed by atoms with Gasteiger partial charge in [0, 0.05) is 42.6 Å². The molecule has 1 saturated heterocycles. The third kappa shape index (κ3) is 4.23. The van der Waals surface area contributed by atoms with Gasteiger partial charge in [0.2, 0.25) is 11.7 Å². The number of nitrogens with one attached hydrogen (secondary N) is 1. The van der Waals surface area contributed by atoms with E-state index < -0.39 is 0 Å². The van der Waals surface area contributed by atoms with Crippen molar-refractivity contribution in [2.75, 3.05) is 19.6 Å². The number of piperidine rings is 1. The normalized spacial score (nSPS) is 21.9. The Labute approximate surface area is 212 Å². The smallest absolute Gasteiger partial charge is 0.292 e. The second kappa shape index (κ2) is 9.23. The predicted molar refractivity (Wildman–Crippen MR) is 137 cm³/mol. The Balaban J connectivity index is 1.03. The van der Waals surface area contributed by atoms with Crippen LogP contribution in [0.4, 0.5) is 0 Å². The maximum Gasteiger partial charge on any atom is 0.292 e. The fraction of sp³-hybridized carbons (Fsp3) is 0.433. The van der Waals surface area contributed by atoms with Crippen molar-refractivity contribution in [2.24, 2.45) is 11.3 Å². The fourth-order valence-corrected chi connectivity index (χ4v) is 6.49. The van der Waals surface area contributed by atoms with Gasteiger partial charge in [0.1, 0.15) is 5.69 Å². The number of amides is 2. The first-order chi connectivity index (χ1) is 17.6. The van der Waals surface area contributed by atoms with E-state index in [9.17, 15) is 9.59 Å². The zero-order valence-corrected chi connectivity index (χ0v) is 20.6. The van der Waals surface area contributed by atoms with Gasteiger partial charge in [-0.05, 0) is 43.1 Å². The van der Waals surface area contributed by atoms with Crippen molar-refractivity contribution in [2.45, 2.75) is 50.4 Å². The Morgan fingerprint density at radius 1 is 0.944 bits per heavy atom. The molecule has 1 aliphatic heterocycles. The van der Waals surface area contributed by atoms with Gasteiger partial charge in [-0.1, -0.05) is 78.7 Å². The molecule has 1 N–H and O–H groups in total. The Morgan fingerprint density at radius 2 is 1.61 bits per heavy atom. The summed E-state index contributed by atoms with van der Waals surface area (Å²) in [5.74, 6) is 0.420. The monoisotopic (exact) mass is 483 g/mol. The van der Waals surface area contributed by atoms with E-state index in [0.717, 1.165) is 44.2 Å². The lowest BCUT2D eigenvalue weighted by molar-refractivity contribution is -0.123. The minimum atomic E-state index is -0.118. The van der Waals surface area contributed by atoms with Gasteiger partial charge in [-0.25, -0.2) is 0 Å². The molecular formula is C30H33N3O3. The number of nitrogens with zero attached hydrogens (tertiary/aromatic N) is 2. The largest absolute Gasteiger partial charge is 0.355 e. The molecular weight excluding hydrogens is 450 g/mol. The molecule has 1 aromatic heterocycles. The summed E-state index contributed by atoms with van der Waals surface area (Å²) in [4.78, 5) is 28.0. The lowest BCUT2D eigenvalue weighted by atomic mass is 9.78. The quantitative estimate of drug-likeness (QED) is 0.522. The van der Waals surface area contributed by atoms with Crippen LogP contribution in [0.3, 0.4) is 0 Å². The van der Waals surface area contributed by atoms with Crippen LogP contribution in [-0.4, -0.2) is 41.5 Å². The van der Waals surface area contributed by atoms with Crippen molar-refractivity contribution < 1.29 is 14.1 Å². The van der Waals surface area contributed by atoms with Gasteiger partial charge in [-0.3, -0.25) is 9.59 Å². The molecule has 6 rings (SSSR count). The van der Waals surface area contributed by atoms with Crippen LogP contribution >= 0.6 is 0 Å². The summed E-state index contributed by atoms with van der Waals surface area (Å²) in [6, 6.07) is 22.1. The Bertz CT molecular complexity index is 1220. The predicted octanol–water partition coefficient (Wildman–Crippen LogP) is 5.21. The van der Waals surface area contributed by atoms with Gasteiger partial charge < -0.3 is 14.7 Å².